The molecule has 0 atom stereocenters. The molecule has 4 rings (SSSR count). The average molecular weight is 406 g/mol. The normalized spacial score (nSPS) is 11.2. The third kappa shape index (κ3) is 3.94. The summed E-state index contributed by atoms with van der Waals surface area (Å²) in [6, 6.07) is 16.7. The third-order valence-corrected chi connectivity index (χ3v) is 4.41. The summed E-state index contributed by atoms with van der Waals surface area (Å²) in [5.74, 6) is 0.980. The zero-order chi connectivity index (χ0) is 20.2. The van der Waals surface area contributed by atoms with Crippen molar-refractivity contribution in [3.63, 3.8) is 0 Å². The Kier molecular flexibility index (Phi) is 5.21. The Bertz CT molecular complexity index is 1210. The maximum absolute atomic E-state index is 9.83. The number of hydrogen-bond donors (Lipinski definition) is 3. The molecule has 0 radical (unpaired) electrons. The summed E-state index contributed by atoms with van der Waals surface area (Å²) in [6.45, 7) is 2.31. The second-order valence-corrected chi connectivity index (χ2v) is 6.49. The molecule has 3 N–H and O–H groups in total. The number of aromatic amines is 2. The van der Waals surface area contributed by atoms with Crippen molar-refractivity contribution in [3.8, 4) is 34.3 Å². The van der Waals surface area contributed by atoms with Gasteiger partial charge in [-0.2, -0.15) is 20.0 Å². The van der Waals surface area contributed by atoms with Gasteiger partial charge in [0.05, 0.1) is 18.5 Å². The molecule has 0 saturated heterocycles. The second kappa shape index (κ2) is 8.11. The largest absolute Gasteiger partial charge is 0.504 e. The molecule has 0 aliphatic heterocycles. The van der Waals surface area contributed by atoms with E-state index in [9.17, 15) is 5.11 Å². The molecule has 0 fully saturated rings. The van der Waals surface area contributed by atoms with Crippen molar-refractivity contribution >= 4 is 18.4 Å². The number of ether oxygens (including phenoxy) is 1. The van der Waals surface area contributed by atoms with E-state index in [0.29, 0.717) is 28.6 Å². The van der Waals surface area contributed by atoms with Gasteiger partial charge in [0.15, 0.2) is 11.5 Å². The van der Waals surface area contributed by atoms with Crippen molar-refractivity contribution in [3.05, 3.63) is 64.9 Å². The van der Waals surface area contributed by atoms with Gasteiger partial charge >= 0.3 is 0 Å². The highest BCUT2D eigenvalue weighted by atomic mass is 32.1. The van der Waals surface area contributed by atoms with Gasteiger partial charge in [0.2, 0.25) is 10.6 Å². The Morgan fingerprint density at radius 1 is 1.14 bits per heavy atom. The van der Waals surface area contributed by atoms with Gasteiger partial charge in [-0.1, -0.05) is 30.3 Å². The molecule has 4 aromatic rings. The zero-order valence-electron chi connectivity index (χ0n) is 15.5. The van der Waals surface area contributed by atoms with E-state index in [1.54, 1.807) is 24.4 Å². The molecule has 2 heterocycles. The van der Waals surface area contributed by atoms with Gasteiger partial charge in [-0.15, -0.1) is 0 Å². The number of nitrogens with one attached hydrogen (secondary N) is 2. The van der Waals surface area contributed by atoms with E-state index in [1.807, 2.05) is 43.3 Å². The van der Waals surface area contributed by atoms with Crippen LogP contribution < -0.4 is 4.74 Å². The SMILES string of the molecule is CCOc1cc(/C=N\n2c(-c3cc(-c4ccccc4)n[nH]3)n[nH]c2=S)ccc1O. The monoisotopic (exact) mass is 406 g/mol. The third-order valence-electron chi connectivity index (χ3n) is 4.14. The van der Waals surface area contributed by atoms with Crippen molar-refractivity contribution < 1.29 is 9.84 Å². The van der Waals surface area contributed by atoms with Crippen molar-refractivity contribution in [2.45, 2.75) is 6.92 Å². The van der Waals surface area contributed by atoms with Gasteiger partial charge in [-0.05, 0) is 49.0 Å². The van der Waals surface area contributed by atoms with Crippen LogP contribution >= 0.6 is 12.2 Å². The molecule has 0 bridgehead atoms. The van der Waals surface area contributed by atoms with Crippen LogP contribution in [0.4, 0.5) is 0 Å². The molecule has 2 aromatic heterocycles. The first-order chi connectivity index (χ1) is 14.2. The van der Waals surface area contributed by atoms with Crippen LogP contribution in [-0.2, 0) is 0 Å². The molecular formula is C20H18N6O2S. The summed E-state index contributed by atoms with van der Waals surface area (Å²) < 4.78 is 7.25. The molecule has 29 heavy (non-hydrogen) atoms. The fourth-order valence-electron chi connectivity index (χ4n) is 2.77. The van der Waals surface area contributed by atoms with Gasteiger partial charge in [0.25, 0.3) is 0 Å². The topological polar surface area (TPSA) is 104 Å². The first-order valence-electron chi connectivity index (χ1n) is 8.94. The molecule has 0 unspecified atom stereocenters. The van der Waals surface area contributed by atoms with E-state index in [0.717, 1.165) is 16.8 Å². The lowest BCUT2D eigenvalue weighted by Crippen LogP contribution is -1.96. The van der Waals surface area contributed by atoms with Crippen LogP contribution in [0.25, 0.3) is 22.8 Å². The number of hydrogen-bond acceptors (Lipinski definition) is 6. The lowest BCUT2D eigenvalue weighted by atomic mass is 10.1. The quantitative estimate of drug-likeness (QED) is 0.332. The lowest BCUT2D eigenvalue weighted by Gasteiger charge is -2.06. The molecule has 0 spiro atoms. The molecule has 0 amide bonds. The van der Waals surface area contributed by atoms with Crippen LogP contribution in [0.15, 0.2) is 59.7 Å². The van der Waals surface area contributed by atoms with Crippen molar-refractivity contribution in [2.24, 2.45) is 5.10 Å². The minimum atomic E-state index is 0.0792. The Balaban J connectivity index is 1.65. The highest BCUT2D eigenvalue weighted by Crippen LogP contribution is 2.26. The first kappa shape index (κ1) is 18.6. The van der Waals surface area contributed by atoms with Gasteiger partial charge in [-0.25, -0.2) is 5.10 Å². The van der Waals surface area contributed by atoms with Crippen LogP contribution in [0, 0.1) is 4.77 Å². The van der Waals surface area contributed by atoms with Gasteiger partial charge in [0, 0.05) is 5.56 Å². The molecule has 8 nitrogen and oxygen atoms in total. The van der Waals surface area contributed by atoms with E-state index in [2.05, 4.69) is 25.5 Å². The summed E-state index contributed by atoms with van der Waals surface area (Å²) >= 11 is 5.31. The van der Waals surface area contributed by atoms with Gasteiger partial charge in [0.1, 0.15) is 5.69 Å². The van der Waals surface area contributed by atoms with E-state index in [1.165, 1.54) is 4.68 Å². The minimum absolute atomic E-state index is 0.0792. The second-order valence-electron chi connectivity index (χ2n) is 6.10. The number of benzene rings is 2. The van der Waals surface area contributed by atoms with Crippen molar-refractivity contribution in [2.75, 3.05) is 6.61 Å². The maximum atomic E-state index is 9.83. The summed E-state index contributed by atoms with van der Waals surface area (Å²) in [7, 11) is 0. The van der Waals surface area contributed by atoms with Crippen LogP contribution in [-0.4, -0.2) is 43.0 Å². The van der Waals surface area contributed by atoms with E-state index in [4.69, 9.17) is 17.0 Å². The molecule has 146 valence electrons. The summed E-state index contributed by atoms with van der Waals surface area (Å²) in [6.07, 6.45) is 1.62. The van der Waals surface area contributed by atoms with Gasteiger partial charge < -0.3 is 9.84 Å². The number of rotatable bonds is 6. The number of nitrogens with zero attached hydrogens (tertiary/aromatic N) is 4. The van der Waals surface area contributed by atoms with Crippen LogP contribution in [0.2, 0.25) is 0 Å². The Hall–Kier alpha value is -3.72. The van der Waals surface area contributed by atoms with Crippen LogP contribution in [0.1, 0.15) is 12.5 Å². The Morgan fingerprint density at radius 3 is 2.76 bits per heavy atom. The van der Waals surface area contributed by atoms with Crippen molar-refractivity contribution in [1.82, 2.24) is 25.1 Å². The predicted octanol–water partition coefficient (Wildman–Crippen LogP) is 3.98. The summed E-state index contributed by atoms with van der Waals surface area (Å²) in [4.78, 5) is 0. The van der Waals surface area contributed by atoms with E-state index >= 15 is 0 Å². The standard InChI is InChI=1S/C20H18N6O2S/c1-2-28-18-10-13(8-9-17(18)27)12-21-26-19(24-25-20(26)29)16-11-15(22-23-16)14-6-4-3-5-7-14/h3-12,27H,2H2,1H3,(H,22,23)(H,25,29)/b21-12-. The number of aromatic nitrogens is 5. The Labute approximate surface area is 171 Å². The maximum Gasteiger partial charge on any atom is 0.216 e. The summed E-state index contributed by atoms with van der Waals surface area (Å²) in [5.41, 5.74) is 3.21. The summed E-state index contributed by atoms with van der Waals surface area (Å²) in [5, 5.41) is 28.6. The number of H-pyrrole nitrogens is 2. The predicted molar refractivity (Wildman–Crippen MR) is 113 cm³/mol. The zero-order valence-corrected chi connectivity index (χ0v) is 16.3. The van der Waals surface area contributed by atoms with E-state index < -0.39 is 0 Å². The molecule has 2 aromatic carbocycles. The van der Waals surface area contributed by atoms with E-state index in [-0.39, 0.29) is 5.75 Å². The Morgan fingerprint density at radius 2 is 1.97 bits per heavy atom. The first-order valence-corrected chi connectivity index (χ1v) is 9.35. The fraction of sp³-hybridized carbons (Fsp3) is 0.100. The van der Waals surface area contributed by atoms with Crippen LogP contribution in [0.3, 0.4) is 0 Å². The lowest BCUT2D eigenvalue weighted by molar-refractivity contribution is 0.318. The highest BCUT2D eigenvalue weighted by Gasteiger charge is 2.12. The molecule has 0 aliphatic carbocycles. The average Bonchev–Trinajstić information content (AvgIpc) is 3.36. The van der Waals surface area contributed by atoms with Gasteiger partial charge in [-0.3, -0.25) is 5.10 Å². The molecule has 0 saturated carbocycles. The van der Waals surface area contributed by atoms with Crippen LogP contribution in [0.5, 0.6) is 11.5 Å². The fourth-order valence-corrected chi connectivity index (χ4v) is 2.95. The van der Waals surface area contributed by atoms with Crippen molar-refractivity contribution in [1.29, 1.82) is 0 Å². The highest BCUT2D eigenvalue weighted by molar-refractivity contribution is 7.71. The minimum Gasteiger partial charge on any atom is -0.504 e. The smallest absolute Gasteiger partial charge is 0.216 e. The molecular weight excluding hydrogens is 388 g/mol. The number of phenols is 1. The molecule has 0 aliphatic rings. The molecule has 9 heteroatoms. The number of aromatic hydroxyl groups is 1. The number of phenolic OH excluding ortho intramolecular Hbond substituents is 1.